The van der Waals surface area contributed by atoms with Crippen LogP contribution < -0.4 is 4.74 Å². The van der Waals surface area contributed by atoms with Crippen LogP contribution >= 0.6 is 22.6 Å². The highest BCUT2D eigenvalue weighted by Gasteiger charge is 2.05. The summed E-state index contributed by atoms with van der Waals surface area (Å²) in [6.45, 7) is 5.64. The summed E-state index contributed by atoms with van der Waals surface area (Å²) in [7, 11) is 0. The quantitative estimate of drug-likeness (QED) is 0.476. The monoisotopic (exact) mass is 304 g/mol. The predicted octanol–water partition coefficient (Wildman–Crippen LogP) is 3.34. The van der Waals surface area contributed by atoms with Crippen molar-refractivity contribution in [3.05, 3.63) is 27.3 Å². The van der Waals surface area contributed by atoms with E-state index in [2.05, 4.69) is 42.5 Å². The Morgan fingerprint density at radius 2 is 2.00 bits per heavy atom. The predicted molar refractivity (Wildman–Crippen MR) is 64.6 cm³/mol. The first-order valence-corrected chi connectivity index (χ1v) is 5.56. The van der Waals surface area contributed by atoms with Gasteiger partial charge < -0.3 is 4.74 Å². The first-order chi connectivity index (χ1) is 6.49. The fourth-order valence-corrected chi connectivity index (χ4v) is 1.81. The van der Waals surface area contributed by atoms with Crippen molar-refractivity contribution < 1.29 is 9.53 Å². The Bertz CT molecular complexity index is 345. The van der Waals surface area contributed by atoms with Gasteiger partial charge in [-0.2, -0.15) is 0 Å². The van der Waals surface area contributed by atoms with Crippen LogP contribution in [0.2, 0.25) is 0 Å². The zero-order chi connectivity index (χ0) is 10.7. The fraction of sp³-hybridized carbons (Fsp3) is 0.364. The summed E-state index contributed by atoms with van der Waals surface area (Å²) in [5.41, 5.74) is 1.19. The molecule has 0 fully saturated rings. The normalized spacial score (nSPS) is 10.4. The Hall–Kier alpha value is -0.580. The molecule has 0 aliphatic heterocycles. The van der Waals surface area contributed by atoms with E-state index < -0.39 is 0 Å². The molecule has 0 spiro atoms. The number of hydrogen-bond donors (Lipinski definition) is 0. The van der Waals surface area contributed by atoms with Crippen molar-refractivity contribution in [1.82, 2.24) is 0 Å². The van der Waals surface area contributed by atoms with Crippen molar-refractivity contribution in [1.29, 1.82) is 0 Å². The van der Waals surface area contributed by atoms with E-state index in [9.17, 15) is 4.79 Å². The lowest BCUT2D eigenvalue weighted by molar-refractivity contribution is -0.131. The Morgan fingerprint density at radius 1 is 1.36 bits per heavy atom. The first-order valence-electron chi connectivity index (χ1n) is 4.48. The number of esters is 1. The second kappa shape index (κ2) is 4.77. The number of carbonyl (C=O) groups excluding carboxylic acids is 1. The molecule has 2 nitrogen and oxygen atoms in total. The maximum absolute atomic E-state index is 10.8. The second-order valence-corrected chi connectivity index (χ2v) is 4.71. The summed E-state index contributed by atoms with van der Waals surface area (Å²) in [4.78, 5) is 10.8. The van der Waals surface area contributed by atoms with E-state index in [4.69, 9.17) is 4.74 Å². The number of benzene rings is 1. The van der Waals surface area contributed by atoms with Crippen LogP contribution in [0.15, 0.2) is 18.2 Å². The lowest BCUT2D eigenvalue weighted by atomic mass is 10.0. The first kappa shape index (κ1) is 11.5. The molecule has 0 heterocycles. The van der Waals surface area contributed by atoms with Gasteiger partial charge in [-0.25, -0.2) is 0 Å². The number of ether oxygens (including phenoxy) is 1. The minimum absolute atomic E-state index is 0.276. The summed E-state index contributed by atoms with van der Waals surface area (Å²) in [6, 6.07) is 5.86. The third-order valence-electron chi connectivity index (χ3n) is 1.82. The minimum atomic E-state index is -0.276. The highest BCUT2D eigenvalue weighted by molar-refractivity contribution is 14.1. The molecule has 1 aromatic carbocycles. The molecule has 0 radical (unpaired) electrons. The molecular formula is C11H13IO2. The molecule has 0 amide bonds. The van der Waals surface area contributed by atoms with E-state index in [0.29, 0.717) is 11.7 Å². The average molecular weight is 304 g/mol. The van der Waals surface area contributed by atoms with Gasteiger partial charge in [0, 0.05) is 10.5 Å². The number of carbonyl (C=O) groups is 1. The van der Waals surface area contributed by atoms with Gasteiger partial charge in [-0.05, 0) is 52.3 Å². The smallest absolute Gasteiger partial charge is 0.308 e. The molecule has 1 rings (SSSR count). The lowest BCUT2D eigenvalue weighted by Gasteiger charge is -2.08. The zero-order valence-corrected chi connectivity index (χ0v) is 10.7. The summed E-state index contributed by atoms with van der Waals surface area (Å²) in [5.74, 6) is 0.800. The molecule has 0 aromatic heterocycles. The van der Waals surface area contributed by atoms with E-state index in [1.807, 2.05) is 12.1 Å². The number of hydrogen-bond acceptors (Lipinski definition) is 2. The van der Waals surface area contributed by atoms with E-state index in [0.717, 1.165) is 3.57 Å². The molecule has 3 heteroatoms. The highest BCUT2D eigenvalue weighted by Crippen LogP contribution is 2.24. The highest BCUT2D eigenvalue weighted by atomic mass is 127. The minimum Gasteiger partial charge on any atom is -0.427 e. The van der Waals surface area contributed by atoms with Crippen molar-refractivity contribution in [3.8, 4) is 5.75 Å². The van der Waals surface area contributed by atoms with Crippen molar-refractivity contribution in [2.75, 3.05) is 0 Å². The van der Waals surface area contributed by atoms with Crippen LogP contribution in [0, 0.1) is 3.57 Å². The van der Waals surface area contributed by atoms with Crippen LogP contribution in [0.1, 0.15) is 32.3 Å². The third-order valence-corrected chi connectivity index (χ3v) is 2.44. The van der Waals surface area contributed by atoms with Gasteiger partial charge in [-0.15, -0.1) is 0 Å². The maximum atomic E-state index is 10.8. The fourth-order valence-electron chi connectivity index (χ4n) is 1.14. The summed E-state index contributed by atoms with van der Waals surface area (Å²) in [5, 5.41) is 0. The van der Waals surface area contributed by atoms with Crippen LogP contribution in [0.25, 0.3) is 0 Å². The molecule has 0 aliphatic rings. The van der Waals surface area contributed by atoms with Crippen LogP contribution in [0.5, 0.6) is 5.75 Å². The molecule has 0 saturated carbocycles. The molecule has 76 valence electrons. The standard InChI is InChI=1S/C11H13IO2/c1-7(2)9-4-10(12)6-11(5-9)14-8(3)13/h4-7H,1-3H3. The SMILES string of the molecule is CC(=O)Oc1cc(I)cc(C(C)C)c1. The van der Waals surface area contributed by atoms with Crippen LogP contribution in [-0.2, 0) is 4.79 Å². The summed E-state index contributed by atoms with van der Waals surface area (Å²) < 4.78 is 6.13. The van der Waals surface area contributed by atoms with E-state index in [-0.39, 0.29) is 5.97 Å². The topological polar surface area (TPSA) is 26.3 Å². The van der Waals surface area contributed by atoms with Gasteiger partial charge in [0.05, 0.1) is 0 Å². The molecule has 0 bridgehead atoms. The Labute approximate surface area is 97.8 Å². The zero-order valence-electron chi connectivity index (χ0n) is 8.50. The van der Waals surface area contributed by atoms with Gasteiger partial charge in [0.2, 0.25) is 0 Å². The summed E-state index contributed by atoms with van der Waals surface area (Å²) >= 11 is 2.22. The third kappa shape index (κ3) is 3.29. The average Bonchev–Trinajstić information content (AvgIpc) is 2.01. The molecule has 1 aromatic rings. The molecule has 0 unspecified atom stereocenters. The van der Waals surface area contributed by atoms with Crippen molar-refractivity contribution in [3.63, 3.8) is 0 Å². The van der Waals surface area contributed by atoms with Gasteiger partial charge >= 0.3 is 5.97 Å². The molecule has 14 heavy (non-hydrogen) atoms. The van der Waals surface area contributed by atoms with E-state index in [1.54, 1.807) is 0 Å². The van der Waals surface area contributed by atoms with Gasteiger partial charge in [-0.3, -0.25) is 4.79 Å². The van der Waals surface area contributed by atoms with E-state index in [1.165, 1.54) is 12.5 Å². The molecule has 0 saturated heterocycles. The largest absolute Gasteiger partial charge is 0.427 e. The second-order valence-electron chi connectivity index (χ2n) is 3.47. The van der Waals surface area contributed by atoms with Gasteiger partial charge in [0.1, 0.15) is 5.75 Å². The van der Waals surface area contributed by atoms with Gasteiger partial charge in [0.25, 0.3) is 0 Å². The summed E-state index contributed by atoms with van der Waals surface area (Å²) in [6.07, 6.45) is 0. The maximum Gasteiger partial charge on any atom is 0.308 e. The van der Waals surface area contributed by atoms with Crippen LogP contribution in [0.3, 0.4) is 0 Å². The van der Waals surface area contributed by atoms with Crippen LogP contribution in [0.4, 0.5) is 0 Å². The number of rotatable bonds is 2. The van der Waals surface area contributed by atoms with Crippen molar-refractivity contribution in [2.45, 2.75) is 26.7 Å². The van der Waals surface area contributed by atoms with Crippen molar-refractivity contribution in [2.24, 2.45) is 0 Å². The molecule has 0 N–H and O–H groups in total. The van der Waals surface area contributed by atoms with Crippen molar-refractivity contribution >= 4 is 28.6 Å². The molecule has 0 atom stereocenters. The molecular weight excluding hydrogens is 291 g/mol. The Morgan fingerprint density at radius 3 is 2.50 bits per heavy atom. The van der Waals surface area contributed by atoms with Gasteiger partial charge in [-0.1, -0.05) is 13.8 Å². The lowest BCUT2D eigenvalue weighted by Crippen LogP contribution is -2.02. The Kier molecular flexibility index (Phi) is 3.92. The molecule has 0 aliphatic carbocycles. The van der Waals surface area contributed by atoms with E-state index >= 15 is 0 Å². The van der Waals surface area contributed by atoms with Gasteiger partial charge in [0.15, 0.2) is 0 Å². The Balaban J connectivity index is 3.01. The van der Waals surface area contributed by atoms with Crippen LogP contribution in [-0.4, -0.2) is 5.97 Å². The number of halogens is 1.